The molecule has 21 heavy (non-hydrogen) atoms. The maximum absolute atomic E-state index is 13.9. The Morgan fingerprint density at radius 3 is 2.67 bits per heavy atom. The van der Waals surface area contributed by atoms with E-state index in [1.807, 2.05) is 24.1 Å². The van der Waals surface area contributed by atoms with E-state index in [1.165, 1.54) is 6.07 Å². The van der Waals surface area contributed by atoms with Crippen molar-refractivity contribution in [3.8, 4) is 0 Å². The van der Waals surface area contributed by atoms with Gasteiger partial charge in [-0.1, -0.05) is 26.0 Å². The molecule has 1 heterocycles. The molecule has 2 rings (SSSR count). The van der Waals surface area contributed by atoms with Crippen LogP contribution < -0.4 is 10.2 Å². The molecule has 0 saturated heterocycles. The summed E-state index contributed by atoms with van der Waals surface area (Å²) in [6.07, 6.45) is 3.55. The van der Waals surface area contributed by atoms with Gasteiger partial charge in [-0.25, -0.2) is 4.39 Å². The Hall–Kier alpha value is -1.94. The van der Waals surface area contributed by atoms with Crippen LogP contribution in [0.5, 0.6) is 0 Å². The Balaban J connectivity index is 2.21. The number of para-hydroxylation sites is 1. The summed E-state index contributed by atoms with van der Waals surface area (Å²) in [6, 6.07) is 8.75. The molecule has 4 heteroatoms. The van der Waals surface area contributed by atoms with Crippen molar-refractivity contribution >= 4 is 11.4 Å². The number of halogens is 1. The van der Waals surface area contributed by atoms with Crippen molar-refractivity contribution in [1.82, 2.24) is 10.3 Å². The highest BCUT2D eigenvalue weighted by molar-refractivity contribution is 5.65. The van der Waals surface area contributed by atoms with E-state index < -0.39 is 0 Å². The molecule has 1 N–H and O–H groups in total. The van der Waals surface area contributed by atoms with Crippen LogP contribution in [0, 0.1) is 11.7 Å². The zero-order chi connectivity index (χ0) is 15.2. The molecule has 0 radical (unpaired) electrons. The van der Waals surface area contributed by atoms with Gasteiger partial charge < -0.3 is 10.2 Å². The van der Waals surface area contributed by atoms with E-state index in [4.69, 9.17) is 0 Å². The Bertz CT molecular complexity index is 584. The summed E-state index contributed by atoms with van der Waals surface area (Å²) in [4.78, 5) is 6.01. The number of hydrogen-bond donors (Lipinski definition) is 1. The summed E-state index contributed by atoms with van der Waals surface area (Å²) < 4.78 is 13.9. The summed E-state index contributed by atoms with van der Waals surface area (Å²) in [6.45, 7) is 6.04. The van der Waals surface area contributed by atoms with Gasteiger partial charge in [-0.05, 0) is 36.2 Å². The largest absolute Gasteiger partial charge is 0.341 e. The minimum Gasteiger partial charge on any atom is -0.341 e. The summed E-state index contributed by atoms with van der Waals surface area (Å²) in [5.74, 6) is 0.365. The lowest BCUT2D eigenvalue weighted by molar-refractivity contribution is 0.552. The second kappa shape index (κ2) is 7.18. The molecule has 1 aromatic carbocycles. The predicted molar refractivity (Wildman–Crippen MR) is 85.2 cm³/mol. The Morgan fingerprint density at radius 1 is 1.19 bits per heavy atom. The molecule has 0 spiro atoms. The molecular weight excluding hydrogens is 265 g/mol. The van der Waals surface area contributed by atoms with Crippen molar-refractivity contribution in [2.45, 2.75) is 20.4 Å². The molecule has 0 atom stereocenters. The van der Waals surface area contributed by atoms with Crippen LogP contribution in [0.3, 0.4) is 0 Å². The second-order valence-electron chi connectivity index (χ2n) is 5.54. The molecular formula is C17H22FN3. The molecule has 112 valence electrons. The van der Waals surface area contributed by atoms with E-state index in [9.17, 15) is 4.39 Å². The van der Waals surface area contributed by atoms with Gasteiger partial charge in [-0.2, -0.15) is 0 Å². The van der Waals surface area contributed by atoms with Crippen LogP contribution in [-0.4, -0.2) is 18.6 Å². The third-order valence-electron chi connectivity index (χ3n) is 3.33. The van der Waals surface area contributed by atoms with Gasteiger partial charge in [0.05, 0.1) is 17.6 Å². The normalized spacial score (nSPS) is 10.9. The number of hydrogen-bond acceptors (Lipinski definition) is 3. The van der Waals surface area contributed by atoms with Gasteiger partial charge in [-0.3, -0.25) is 4.98 Å². The van der Waals surface area contributed by atoms with E-state index >= 15 is 0 Å². The topological polar surface area (TPSA) is 28.2 Å². The average molecular weight is 287 g/mol. The fourth-order valence-electron chi connectivity index (χ4n) is 2.22. The molecule has 0 unspecified atom stereocenters. The molecule has 1 aromatic heterocycles. The number of nitrogens with zero attached hydrogens (tertiary/aromatic N) is 2. The van der Waals surface area contributed by atoms with E-state index in [0.717, 1.165) is 24.3 Å². The molecule has 0 amide bonds. The molecule has 0 aliphatic heterocycles. The first-order valence-corrected chi connectivity index (χ1v) is 7.21. The van der Waals surface area contributed by atoms with E-state index in [2.05, 4.69) is 24.1 Å². The number of pyridine rings is 1. The van der Waals surface area contributed by atoms with Crippen molar-refractivity contribution in [3.05, 3.63) is 54.1 Å². The van der Waals surface area contributed by atoms with Crippen molar-refractivity contribution in [1.29, 1.82) is 0 Å². The highest BCUT2D eigenvalue weighted by Gasteiger charge is 2.12. The molecule has 0 saturated carbocycles. The first-order valence-electron chi connectivity index (χ1n) is 7.21. The van der Waals surface area contributed by atoms with Gasteiger partial charge in [0.15, 0.2) is 0 Å². The predicted octanol–water partition coefficient (Wildman–Crippen LogP) is 3.73. The highest BCUT2D eigenvalue weighted by Crippen LogP contribution is 2.28. The van der Waals surface area contributed by atoms with Crippen molar-refractivity contribution in [2.75, 3.05) is 18.5 Å². The lowest BCUT2D eigenvalue weighted by atomic mass is 10.1. The van der Waals surface area contributed by atoms with Crippen molar-refractivity contribution in [2.24, 2.45) is 5.92 Å². The van der Waals surface area contributed by atoms with Gasteiger partial charge in [0.2, 0.25) is 0 Å². The molecule has 0 fully saturated rings. The third-order valence-corrected chi connectivity index (χ3v) is 3.33. The number of nitrogens with one attached hydrogen (secondary N) is 1. The minimum atomic E-state index is -0.232. The zero-order valence-electron chi connectivity index (χ0n) is 12.8. The summed E-state index contributed by atoms with van der Waals surface area (Å²) in [5, 5.41) is 3.41. The minimum absolute atomic E-state index is 0.232. The fraction of sp³-hybridized carbons (Fsp3) is 0.353. The van der Waals surface area contributed by atoms with Crippen LogP contribution in [0.25, 0.3) is 0 Å². The summed E-state index contributed by atoms with van der Waals surface area (Å²) in [5.41, 5.74) is 2.57. The van der Waals surface area contributed by atoms with Crippen LogP contribution in [0.15, 0.2) is 42.7 Å². The second-order valence-corrected chi connectivity index (χ2v) is 5.54. The van der Waals surface area contributed by atoms with Gasteiger partial charge in [0.1, 0.15) is 5.82 Å². The van der Waals surface area contributed by atoms with Crippen LogP contribution in [0.2, 0.25) is 0 Å². The van der Waals surface area contributed by atoms with Crippen molar-refractivity contribution in [3.63, 3.8) is 0 Å². The highest BCUT2D eigenvalue weighted by atomic mass is 19.1. The van der Waals surface area contributed by atoms with Crippen LogP contribution in [-0.2, 0) is 6.54 Å². The Labute approximate surface area is 125 Å². The number of aromatic nitrogens is 1. The molecule has 0 aliphatic carbocycles. The molecule has 2 aromatic rings. The number of anilines is 2. The monoisotopic (exact) mass is 287 g/mol. The Morgan fingerprint density at radius 2 is 1.95 bits per heavy atom. The quantitative estimate of drug-likeness (QED) is 0.877. The lowest BCUT2D eigenvalue weighted by Crippen LogP contribution is -2.21. The number of benzene rings is 1. The third kappa shape index (κ3) is 4.02. The van der Waals surface area contributed by atoms with E-state index in [-0.39, 0.29) is 5.82 Å². The van der Waals surface area contributed by atoms with E-state index in [0.29, 0.717) is 11.6 Å². The smallest absolute Gasteiger partial charge is 0.146 e. The molecule has 0 bridgehead atoms. The first kappa shape index (κ1) is 15.4. The SMILES string of the molecule is CC(C)CNCc1ccncc1N(C)c1ccccc1F. The zero-order valence-corrected chi connectivity index (χ0v) is 12.8. The van der Waals surface area contributed by atoms with Crippen LogP contribution in [0.4, 0.5) is 15.8 Å². The molecule has 0 aliphatic rings. The molecule has 3 nitrogen and oxygen atoms in total. The van der Waals surface area contributed by atoms with Gasteiger partial charge in [0, 0.05) is 19.8 Å². The van der Waals surface area contributed by atoms with E-state index in [1.54, 1.807) is 24.5 Å². The lowest BCUT2D eigenvalue weighted by Gasteiger charge is -2.23. The fourth-order valence-corrected chi connectivity index (χ4v) is 2.22. The summed E-state index contributed by atoms with van der Waals surface area (Å²) in [7, 11) is 1.86. The van der Waals surface area contributed by atoms with Crippen molar-refractivity contribution < 1.29 is 4.39 Å². The number of rotatable bonds is 6. The average Bonchev–Trinajstić information content (AvgIpc) is 2.47. The van der Waals surface area contributed by atoms with Crippen LogP contribution >= 0.6 is 0 Å². The first-order chi connectivity index (χ1) is 10.1. The van der Waals surface area contributed by atoms with Crippen LogP contribution in [0.1, 0.15) is 19.4 Å². The Kier molecular flexibility index (Phi) is 5.28. The van der Waals surface area contributed by atoms with Gasteiger partial charge in [0.25, 0.3) is 0 Å². The maximum Gasteiger partial charge on any atom is 0.146 e. The maximum atomic E-state index is 13.9. The summed E-state index contributed by atoms with van der Waals surface area (Å²) >= 11 is 0. The van der Waals surface area contributed by atoms with Gasteiger partial charge in [-0.15, -0.1) is 0 Å². The standard InChI is InChI=1S/C17H22FN3/c1-13(2)10-20-11-14-8-9-19-12-17(14)21(3)16-7-5-4-6-15(16)18/h4-9,12-13,20H,10-11H2,1-3H3. The van der Waals surface area contributed by atoms with Gasteiger partial charge >= 0.3 is 0 Å².